The molecule has 0 unspecified atom stereocenters. The average Bonchev–Trinajstić information content (AvgIpc) is 3.08. The minimum absolute atomic E-state index is 0.0428. The molecule has 1 amide bonds. The van der Waals surface area contributed by atoms with Crippen LogP contribution in [0.15, 0.2) is 0 Å². The van der Waals surface area contributed by atoms with Gasteiger partial charge in [-0.1, -0.05) is 13.8 Å². The molecule has 3 aliphatic rings. The fraction of sp³-hybridized carbons (Fsp3) is 0.944. The van der Waals surface area contributed by atoms with Gasteiger partial charge in [0.1, 0.15) is 0 Å². The van der Waals surface area contributed by atoms with Crippen LogP contribution in [-0.2, 0) is 9.53 Å². The lowest BCUT2D eigenvalue weighted by atomic mass is 9.64. The molecule has 1 aliphatic heterocycles. The van der Waals surface area contributed by atoms with E-state index in [9.17, 15) is 4.79 Å². The van der Waals surface area contributed by atoms with E-state index in [-0.39, 0.29) is 16.9 Å². The van der Waals surface area contributed by atoms with Gasteiger partial charge in [0.25, 0.3) is 0 Å². The van der Waals surface area contributed by atoms with Gasteiger partial charge in [-0.2, -0.15) is 0 Å². The predicted octanol–water partition coefficient (Wildman–Crippen LogP) is 1.24. The van der Waals surface area contributed by atoms with Crippen molar-refractivity contribution in [2.45, 2.75) is 45.6 Å². The lowest BCUT2D eigenvalue weighted by Crippen LogP contribution is -2.60. The minimum atomic E-state index is -0.0428. The summed E-state index contributed by atoms with van der Waals surface area (Å²) in [6.45, 7) is 12.9. The SMILES string of the molecule is CC1(C)[C@H]2CC[C@H](C2)[C@@]1(C)NC(=O)CNCCN1CCOCC1. The zero-order chi connectivity index (χ0) is 16.5. The Labute approximate surface area is 140 Å². The minimum Gasteiger partial charge on any atom is -0.379 e. The summed E-state index contributed by atoms with van der Waals surface area (Å²) >= 11 is 0. The van der Waals surface area contributed by atoms with Gasteiger partial charge in [-0.15, -0.1) is 0 Å². The number of nitrogens with zero attached hydrogens (tertiary/aromatic N) is 1. The van der Waals surface area contributed by atoms with Crippen molar-refractivity contribution >= 4 is 5.91 Å². The van der Waals surface area contributed by atoms with Crippen LogP contribution in [0.3, 0.4) is 0 Å². The number of morpholine rings is 1. The Morgan fingerprint density at radius 1 is 1.17 bits per heavy atom. The predicted molar refractivity (Wildman–Crippen MR) is 91.3 cm³/mol. The van der Waals surface area contributed by atoms with E-state index in [0.29, 0.717) is 12.5 Å². The van der Waals surface area contributed by atoms with Crippen LogP contribution in [0, 0.1) is 17.3 Å². The average molecular weight is 323 g/mol. The summed E-state index contributed by atoms with van der Waals surface area (Å²) in [6, 6.07) is 0. The Morgan fingerprint density at radius 2 is 1.87 bits per heavy atom. The lowest BCUT2D eigenvalue weighted by molar-refractivity contribution is -0.124. The maximum absolute atomic E-state index is 12.4. The second kappa shape index (κ2) is 6.69. The van der Waals surface area contributed by atoms with Gasteiger partial charge in [-0.25, -0.2) is 0 Å². The Balaban J connectivity index is 1.41. The van der Waals surface area contributed by atoms with Crippen LogP contribution in [0.25, 0.3) is 0 Å². The van der Waals surface area contributed by atoms with Crippen molar-refractivity contribution in [3.05, 3.63) is 0 Å². The topological polar surface area (TPSA) is 53.6 Å². The van der Waals surface area contributed by atoms with Gasteiger partial charge >= 0.3 is 0 Å². The smallest absolute Gasteiger partial charge is 0.234 e. The Morgan fingerprint density at radius 3 is 2.52 bits per heavy atom. The molecule has 132 valence electrons. The van der Waals surface area contributed by atoms with Gasteiger partial charge in [-0.3, -0.25) is 9.69 Å². The second-order valence-corrected chi connectivity index (χ2v) is 8.31. The quantitative estimate of drug-likeness (QED) is 0.722. The van der Waals surface area contributed by atoms with Gasteiger partial charge in [0.2, 0.25) is 5.91 Å². The molecule has 1 heterocycles. The number of carbonyl (C=O) groups excluding carboxylic acids is 1. The van der Waals surface area contributed by atoms with Crippen LogP contribution >= 0.6 is 0 Å². The van der Waals surface area contributed by atoms with Gasteiger partial charge in [-0.05, 0) is 43.4 Å². The number of ether oxygens (including phenoxy) is 1. The first-order valence-corrected chi connectivity index (χ1v) is 9.25. The third-order valence-electron chi connectivity index (χ3n) is 7.00. The van der Waals surface area contributed by atoms with Crippen LogP contribution in [0.4, 0.5) is 0 Å². The highest BCUT2D eigenvalue weighted by Gasteiger charge is 2.60. The van der Waals surface area contributed by atoms with E-state index in [0.717, 1.165) is 45.3 Å². The Kier molecular flexibility index (Phi) is 5.00. The molecular weight excluding hydrogens is 290 g/mol. The number of amides is 1. The molecule has 0 aromatic heterocycles. The monoisotopic (exact) mass is 323 g/mol. The fourth-order valence-corrected chi connectivity index (χ4v) is 4.97. The lowest BCUT2D eigenvalue weighted by Gasteiger charge is -2.48. The van der Waals surface area contributed by atoms with E-state index in [1.165, 1.54) is 19.3 Å². The molecule has 2 aliphatic carbocycles. The molecule has 2 N–H and O–H groups in total. The number of fused-ring (bicyclic) bond motifs is 2. The van der Waals surface area contributed by atoms with E-state index in [1.54, 1.807) is 0 Å². The molecule has 5 heteroatoms. The summed E-state index contributed by atoms with van der Waals surface area (Å²) in [6.07, 6.45) is 3.89. The molecule has 5 nitrogen and oxygen atoms in total. The van der Waals surface area contributed by atoms with Crippen molar-refractivity contribution in [1.82, 2.24) is 15.5 Å². The van der Waals surface area contributed by atoms with E-state index < -0.39 is 0 Å². The molecule has 3 atom stereocenters. The molecule has 0 spiro atoms. The molecule has 3 rings (SSSR count). The molecular formula is C18H33N3O2. The van der Waals surface area contributed by atoms with E-state index in [4.69, 9.17) is 4.74 Å². The maximum Gasteiger partial charge on any atom is 0.234 e. The van der Waals surface area contributed by atoms with Crippen LogP contribution < -0.4 is 10.6 Å². The number of hydrogen-bond donors (Lipinski definition) is 2. The summed E-state index contributed by atoms with van der Waals surface area (Å²) in [7, 11) is 0. The van der Waals surface area contributed by atoms with Gasteiger partial charge in [0.05, 0.1) is 19.8 Å². The molecule has 3 fully saturated rings. The first-order chi connectivity index (χ1) is 10.9. The van der Waals surface area contributed by atoms with E-state index in [1.807, 2.05) is 0 Å². The Bertz CT molecular complexity index is 434. The van der Waals surface area contributed by atoms with Crippen molar-refractivity contribution in [2.24, 2.45) is 17.3 Å². The van der Waals surface area contributed by atoms with Crippen LogP contribution in [0.5, 0.6) is 0 Å². The van der Waals surface area contributed by atoms with Crippen molar-refractivity contribution < 1.29 is 9.53 Å². The zero-order valence-electron chi connectivity index (χ0n) is 15.0. The zero-order valence-corrected chi connectivity index (χ0v) is 15.0. The first-order valence-electron chi connectivity index (χ1n) is 9.25. The Hall–Kier alpha value is -0.650. The summed E-state index contributed by atoms with van der Waals surface area (Å²) in [5.41, 5.74) is 0.165. The van der Waals surface area contributed by atoms with Crippen molar-refractivity contribution in [3.63, 3.8) is 0 Å². The highest BCUT2D eigenvalue weighted by atomic mass is 16.5. The van der Waals surface area contributed by atoms with Crippen molar-refractivity contribution in [1.29, 1.82) is 0 Å². The summed E-state index contributed by atoms with van der Waals surface area (Å²) < 4.78 is 5.35. The van der Waals surface area contributed by atoms with Crippen LogP contribution in [0.1, 0.15) is 40.0 Å². The largest absolute Gasteiger partial charge is 0.379 e. The van der Waals surface area contributed by atoms with E-state index in [2.05, 4.69) is 36.3 Å². The van der Waals surface area contributed by atoms with Gasteiger partial charge in [0.15, 0.2) is 0 Å². The van der Waals surface area contributed by atoms with Gasteiger partial charge < -0.3 is 15.4 Å². The summed E-state index contributed by atoms with van der Waals surface area (Å²) in [4.78, 5) is 14.8. The van der Waals surface area contributed by atoms with Gasteiger partial charge in [0, 0.05) is 31.7 Å². The first kappa shape index (κ1) is 17.2. The third kappa shape index (κ3) is 3.28. The number of rotatable bonds is 6. The molecule has 2 saturated carbocycles. The van der Waals surface area contributed by atoms with Crippen LogP contribution in [0.2, 0.25) is 0 Å². The molecule has 0 aromatic carbocycles. The molecule has 0 aromatic rings. The molecule has 1 saturated heterocycles. The number of nitrogens with one attached hydrogen (secondary N) is 2. The molecule has 23 heavy (non-hydrogen) atoms. The van der Waals surface area contributed by atoms with Crippen molar-refractivity contribution in [3.8, 4) is 0 Å². The summed E-state index contributed by atoms with van der Waals surface area (Å²) in [5.74, 6) is 1.57. The highest BCUT2D eigenvalue weighted by molar-refractivity contribution is 5.79. The number of hydrogen-bond acceptors (Lipinski definition) is 4. The van der Waals surface area contributed by atoms with Crippen molar-refractivity contribution in [2.75, 3.05) is 45.9 Å². The standard InChI is InChI=1S/C18H33N3O2/c1-17(2)14-4-5-15(12-14)18(17,3)20-16(22)13-19-6-7-21-8-10-23-11-9-21/h14-15,19H,4-13H2,1-3H3,(H,20,22)/t14-,15+,18+/m0/s1. The third-order valence-corrected chi connectivity index (χ3v) is 7.00. The summed E-state index contributed by atoms with van der Waals surface area (Å²) in [5, 5.41) is 6.68. The normalized spacial score (nSPS) is 36.3. The van der Waals surface area contributed by atoms with E-state index >= 15 is 0 Å². The second-order valence-electron chi connectivity index (χ2n) is 8.31. The fourth-order valence-electron chi connectivity index (χ4n) is 4.97. The number of carbonyl (C=O) groups is 1. The maximum atomic E-state index is 12.4. The van der Waals surface area contributed by atoms with Crippen LogP contribution in [-0.4, -0.2) is 62.3 Å². The molecule has 0 radical (unpaired) electrons. The highest BCUT2D eigenvalue weighted by Crippen LogP contribution is 2.61. The molecule has 2 bridgehead atoms.